The highest BCUT2D eigenvalue weighted by Gasteiger charge is 2.57. The van der Waals surface area contributed by atoms with E-state index in [-0.39, 0.29) is 23.6 Å². The summed E-state index contributed by atoms with van der Waals surface area (Å²) in [6, 6.07) is 8.79. The minimum atomic E-state index is -4.18. The van der Waals surface area contributed by atoms with Crippen LogP contribution in [0.3, 0.4) is 0 Å². The normalized spacial score (nSPS) is 34.0. The third-order valence-corrected chi connectivity index (χ3v) is 8.04. The molecule has 0 bridgehead atoms. The van der Waals surface area contributed by atoms with Gasteiger partial charge in [-0.3, -0.25) is 23.3 Å². The summed E-state index contributed by atoms with van der Waals surface area (Å²) in [5.41, 5.74) is 4.15. The first-order chi connectivity index (χ1) is 16.1. The number of nitrogen functional groups attached to an aromatic ring is 1. The van der Waals surface area contributed by atoms with Crippen molar-refractivity contribution in [1.82, 2.24) is 14.5 Å². The van der Waals surface area contributed by atoms with Crippen LogP contribution in [0.25, 0.3) is 11.0 Å². The predicted octanol–water partition coefficient (Wildman–Crippen LogP) is 2.34. The first kappa shape index (κ1) is 23.6. The quantitative estimate of drug-likeness (QED) is 0.349. The molecule has 0 radical (unpaired) electrons. The van der Waals surface area contributed by atoms with Crippen molar-refractivity contribution in [2.75, 3.05) is 12.3 Å². The van der Waals surface area contributed by atoms with Gasteiger partial charge in [0.2, 0.25) is 12.2 Å². The number of benzene rings is 1. The second kappa shape index (κ2) is 8.54. The molecule has 2 aliphatic rings. The largest absolute Gasteiger partial charge is 0.477 e. The standard InChI is InChI=1S/C20H22BrN4O8P/c1-20(28)14(26)17(31-18(20)25-8-6-11-15(25)23-19(22)24-16(11)27)33-34(29)30-9-7-13(32-34)10-4-2-3-5-12(10)21/h2-6,8,13-14,17-18,26,28H,7,9H2,1H3,(H3,22,23,24,27)/t13-,14-,17?,18-,20-,34?/m1/s1. The number of anilines is 1. The van der Waals surface area contributed by atoms with Crippen LogP contribution in [0.1, 0.15) is 31.2 Å². The van der Waals surface area contributed by atoms with Crippen LogP contribution in [0.15, 0.2) is 45.8 Å². The molecule has 5 rings (SSSR count). The Hall–Kier alpha value is -2.09. The van der Waals surface area contributed by atoms with Gasteiger partial charge in [0.1, 0.15) is 11.7 Å². The Morgan fingerprint density at radius 2 is 2.15 bits per heavy atom. The number of aromatic amines is 1. The lowest BCUT2D eigenvalue weighted by atomic mass is 9.99. The molecule has 14 heteroatoms. The van der Waals surface area contributed by atoms with Gasteiger partial charge in [0.15, 0.2) is 11.9 Å². The molecule has 0 spiro atoms. The van der Waals surface area contributed by atoms with E-state index in [4.69, 9.17) is 24.0 Å². The van der Waals surface area contributed by atoms with Crippen LogP contribution < -0.4 is 11.3 Å². The zero-order valence-electron chi connectivity index (χ0n) is 17.8. The molecule has 2 saturated heterocycles. The summed E-state index contributed by atoms with van der Waals surface area (Å²) in [6.07, 6.45) is -3.16. The SMILES string of the molecule is C[C@@]1(O)[C@H](O)C(OP2(=O)OCC[C@H](c3ccccc3Br)O2)O[C@H]1n1ccc2c(=O)[nH]c(N)nc21. The smallest absolute Gasteiger partial charge is 0.385 e. The number of fused-ring (bicyclic) bond motifs is 1. The molecule has 2 aromatic heterocycles. The van der Waals surface area contributed by atoms with Crippen LogP contribution in [0.2, 0.25) is 0 Å². The number of phosphoric acid groups is 1. The lowest BCUT2D eigenvalue weighted by molar-refractivity contribution is -0.145. The number of aliphatic hydroxyl groups is 2. The number of aliphatic hydroxyl groups excluding tert-OH is 1. The number of phosphoric ester groups is 1. The van der Waals surface area contributed by atoms with Crippen LogP contribution in [-0.2, 0) is 22.9 Å². The molecule has 2 aliphatic heterocycles. The minimum absolute atomic E-state index is 0.0835. The van der Waals surface area contributed by atoms with Gasteiger partial charge >= 0.3 is 7.82 Å². The average Bonchev–Trinajstić information content (AvgIpc) is 3.28. The summed E-state index contributed by atoms with van der Waals surface area (Å²) in [7, 11) is -4.18. The van der Waals surface area contributed by atoms with E-state index in [1.165, 1.54) is 23.8 Å². The molecule has 5 N–H and O–H groups in total. The Balaban J connectivity index is 1.41. The summed E-state index contributed by atoms with van der Waals surface area (Å²) in [5, 5.41) is 22.0. The lowest BCUT2D eigenvalue weighted by Crippen LogP contribution is -2.44. The van der Waals surface area contributed by atoms with E-state index in [0.717, 1.165) is 10.0 Å². The molecule has 34 heavy (non-hydrogen) atoms. The monoisotopic (exact) mass is 556 g/mol. The molecule has 1 aromatic carbocycles. The van der Waals surface area contributed by atoms with Crippen LogP contribution >= 0.6 is 23.8 Å². The average molecular weight is 557 g/mol. The fourth-order valence-electron chi connectivity index (χ4n) is 4.08. The van der Waals surface area contributed by atoms with E-state index in [0.29, 0.717) is 6.42 Å². The van der Waals surface area contributed by atoms with Crippen LogP contribution in [-0.4, -0.2) is 49.4 Å². The van der Waals surface area contributed by atoms with Gasteiger partial charge in [-0.1, -0.05) is 34.1 Å². The van der Waals surface area contributed by atoms with Gasteiger partial charge in [-0.05, 0) is 24.6 Å². The van der Waals surface area contributed by atoms with Crippen molar-refractivity contribution in [3.8, 4) is 0 Å². The highest BCUT2D eigenvalue weighted by Crippen LogP contribution is 2.60. The Labute approximate surface area is 201 Å². The third kappa shape index (κ3) is 4.01. The maximum absolute atomic E-state index is 13.3. The van der Waals surface area contributed by atoms with Gasteiger partial charge < -0.3 is 25.3 Å². The fraction of sp³-hybridized carbons (Fsp3) is 0.400. The Morgan fingerprint density at radius 3 is 2.91 bits per heavy atom. The minimum Gasteiger partial charge on any atom is -0.385 e. The van der Waals surface area contributed by atoms with Crippen molar-refractivity contribution in [1.29, 1.82) is 0 Å². The number of nitrogens with zero attached hydrogens (tertiary/aromatic N) is 2. The van der Waals surface area contributed by atoms with Crippen molar-refractivity contribution in [2.45, 2.75) is 43.7 Å². The number of H-pyrrole nitrogens is 1. The number of hydrogen-bond acceptors (Lipinski definition) is 10. The molecule has 2 unspecified atom stereocenters. The molecule has 182 valence electrons. The summed E-state index contributed by atoms with van der Waals surface area (Å²) in [5.74, 6) is -0.130. The van der Waals surface area contributed by atoms with Crippen LogP contribution in [0.4, 0.5) is 5.95 Å². The molecule has 6 atom stereocenters. The molecule has 12 nitrogen and oxygen atoms in total. The number of hydrogen-bond donors (Lipinski definition) is 4. The fourth-order valence-corrected chi connectivity index (χ4v) is 6.07. The van der Waals surface area contributed by atoms with E-state index in [1.807, 2.05) is 24.3 Å². The van der Waals surface area contributed by atoms with Crippen molar-refractivity contribution >= 4 is 40.7 Å². The maximum Gasteiger partial charge on any atom is 0.477 e. The highest BCUT2D eigenvalue weighted by atomic mass is 79.9. The number of nitrogens with one attached hydrogen (secondary N) is 1. The predicted molar refractivity (Wildman–Crippen MR) is 123 cm³/mol. The van der Waals surface area contributed by atoms with E-state index in [2.05, 4.69) is 25.9 Å². The first-order valence-electron chi connectivity index (χ1n) is 10.4. The third-order valence-electron chi connectivity index (χ3n) is 5.84. The summed E-state index contributed by atoms with van der Waals surface area (Å²) >= 11 is 3.45. The van der Waals surface area contributed by atoms with Gasteiger partial charge in [-0.25, -0.2) is 4.57 Å². The zero-order valence-corrected chi connectivity index (χ0v) is 20.3. The highest BCUT2D eigenvalue weighted by molar-refractivity contribution is 9.10. The molecule has 4 heterocycles. The van der Waals surface area contributed by atoms with Gasteiger partial charge in [0, 0.05) is 17.1 Å². The van der Waals surface area contributed by atoms with E-state index >= 15 is 0 Å². The van der Waals surface area contributed by atoms with Gasteiger partial charge in [-0.2, -0.15) is 4.98 Å². The van der Waals surface area contributed by atoms with Crippen molar-refractivity contribution in [3.05, 3.63) is 56.9 Å². The van der Waals surface area contributed by atoms with Crippen molar-refractivity contribution in [2.24, 2.45) is 0 Å². The number of halogens is 1. The molecule has 3 aromatic rings. The molecular weight excluding hydrogens is 535 g/mol. The molecule has 0 saturated carbocycles. The molecular formula is C20H22BrN4O8P. The van der Waals surface area contributed by atoms with E-state index in [9.17, 15) is 19.6 Å². The number of ether oxygens (including phenoxy) is 1. The van der Waals surface area contributed by atoms with Crippen LogP contribution in [0, 0.1) is 0 Å². The van der Waals surface area contributed by atoms with E-state index < -0.39 is 43.7 Å². The zero-order chi connectivity index (χ0) is 24.3. The Kier molecular flexibility index (Phi) is 5.94. The summed E-state index contributed by atoms with van der Waals surface area (Å²) < 4.78 is 37.7. The second-order valence-electron chi connectivity index (χ2n) is 8.23. The number of nitrogens with two attached hydrogens (primary N) is 1. The van der Waals surface area contributed by atoms with Crippen molar-refractivity contribution < 1.29 is 33.1 Å². The molecule has 0 aliphatic carbocycles. The molecule has 2 fully saturated rings. The Bertz CT molecular complexity index is 1340. The summed E-state index contributed by atoms with van der Waals surface area (Å²) in [6.45, 7) is 1.40. The van der Waals surface area contributed by atoms with Crippen molar-refractivity contribution in [3.63, 3.8) is 0 Å². The number of aromatic nitrogens is 3. The summed E-state index contributed by atoms with van der Waals surface area (Å²) in [4.78, 5) is 18.6. The van der Waals surface area contributed by atoms with Gasteiger partial charge in [0.05, 0.1) is 18.1 Å². The topological polar surface area (TPSA) is 171 Å². The first-order valence-corrected chi connectivity index (χ1v) is 12.6. The second-order valence-corrected chi connectivity index (χ2v) is 10.7. The Morgan fingerprint density at radius 1 is 1.38 bits per heavy atom. The molecule has 0 amide bonds. The van der Waals surface area contributed by atoms with Gasteiger partial charge in [-0.15, -0.1) is 0 Å². The van der Waals surface area contributed by atoms with E-state index in [1.54, 1.807) is 0 Å². The van der Waals surface area contributed by atoms with Gasteiger partial charge in [0.25, 0.3) is 5.56 Å². The lowest BCUT2D eigenvalue weighted by Gasteiger charge is -2.31. The van der Waals surface area contributed by atoms with Crippen LogP contribution in [0.5, 0.6) is 0 Å². The number of rotatable bonds is 4. The maximum atomic E-state index is 13.3.